The molecule has 7 nitrogen and oxygen atoms in total. The summed E-state index contributed by atoms with van der Waals surface area (Å²) >= 11 is 0. The lowest BCUT2D eigenvalue weighted by molar-refractivity contribution is -0.146. The van der Waals surface area contributed by atoms with Crippen LogP contribution in [0.15, 0.2) is 42.5 Å². The van der Waals surface area contributed by atoms with Crippen LogP contribution >= 0.6 is 0 Å². The predicted octanol–water partition coefficient (Wildman–Crippen LogP) is 2.92. The number of carbonyl (C=O) groups excluding carboxylic acids is 2. The summed E-state index contributed by atoms with van der Waals surface area (Å²) in [5, 5.41) is 2.02. The standard InChI is InChI=1S/C20H23NO6S/c1-4-26-18(22)20(2,28(3,24)25)12-17-13-21(19(23)27-17)16-10-9-14-7-5-6-8-15(14)11-16/h5-11,17H,4,12-13H2,1-3H3. The number of hydrogen-bond donors (Lipinski definition) is 0. The zero-order chi connectivity index (χ0) is 20.5. The van der Waals surface area contributed by atoms with E-state index in [0.29, 0.717) is 5.69 Å². The number of cyclic esters (lactones) is 1. The van der Waals surface area contributed by atoms with E-state index in [1.54, 1.807) is 6.92 Å². The molecular weight excluding hydrogens is 382 g/mol. The van der Waals surface area contributed by atoms with Crippen molar-refractivity contribution < 1.29 is 27.5 Å². The van der Waals surface area contributed by atoms with Crippen molar-refractivity contribution in [1.29, 1.82) is 0 Å². The molecule has 1 aliphatic rings. The molecule has 2 unspecified atom stereocenters. The van der Waals surface area contributed by atoms with E-state index in [9.17, 15) is 18.0 Å². The van der Waals surface area contributed by atoms with Crippen LogP contribution in [-0.4, -0.2) is 50.7 Å². The van der Waals surface area contributed by atoms with Crippen molar-refractivity contribution in [3.63, 3.8) is 0 Å². The first-order valence-corrected chi connectivity index (χ1v) is 10.9. The van der Waals surface area contributed by atoms with Crippen LogP contribution in [0.25, 0.3) is 10.8 Å². The van der Waals surface area contributed by atoms with E-state index < -0.39 is 32.8 Å². The molecule has 2 aromatic rings. The Hall–Kier alpha value is -2.61. The van der Waals surface area contributed by atoms with Crippen molar-refractivity contribution in [2.24, 2.45) is 0 Å². The van der Waals surface area contributed by atoms with Gasteiger partial charge in [-0.25, -0.2) is 13.2 Å². The number of rotatable bonds is 6. The predicted molar refractivity (Wildman–Crippen MR) is 106 cm³/mol. The Kier molecular flexibility index (Phi) is 5.34. The maximum Gasteiger partial charge on any atom is 0.414 e. The van der Waals surface area contributed by atoms with Crippen molar-refractivity contribution in [1.82, 2.24) is 0 Å². The van der Waals surface area contributed by atoms with Gasteiger partial charge in [0.25, 0.3) is 0 Å². The molecule has 0 N–H and O–H groups in total. The van der Waals surface area contributed by atoms with E-state index in [4.69, 9.17) is 9.47 Å². The first-order chi connectivity index (χ1) is 13.2. The van der Waals surface area contributed by atoms with Gasteiger partial charge in [0.2, 0.25) is 0 Å². The summed E-state index contributed by atoms with van der Waals surface area (Å²) in [6, 6.07) is 13.4. The topological polar surface area (TPSA) is 90.0 Å². The van der Waals surface area contributed by atoms with Crippen molar-refractivity contribution in [2.75, 3.05) is 24.3 Å². The second-order valence-corrected chi connectivity index (χ2v) is 9.52. The van der Waals surface area contributed by atoms with Crippen LogP contribution < -0.4 is 4.90 Å². The van der Waals surface area contributed by atoms with Gasteiger partial charge in [-0.1, -0.05) is 30.3 Å². The van der Waals surface area contributed by atoms with Crippen LogP contribution in [-0.2, 0) is 24.1 Å². The number of anilines is 1. The van der Waals surface area contributed by atoms with Gasteiger partial charge in [-0.15, -0.1) is 0 Å². The van der Waals surface area contributed by atoms with E-state index in [0.717, 1.165) is 17.0 Å². The lowest BCUT2D eigenvalue weighted by Crippen LogP contribution is -2.47. The summed E-state index contributed by atoms with van der Waals surface area (Å²) in [5.74, 6) is -0.835. The Morgan fingerprint density at radius 3 is 2.57 bits per heavy atom. The van der Waals surface area contributed by atoms with E-state index >= 15 is 0 Å². The highest BCUT2D eigenvalue weighted by Crippen LogP contribution is 2.31. The van der Waals surface area contributed by atoms with Crippen LogP contribution in [0, 0.1) is 0 Å². The molecule has 28 heavy (non-hydrogen) atoms. The number of carbonyl (C=O) groups is 2. The van der Waals surface area contributed by atoms with Gasteiger partial charge in [0.1, 0.15) is 6.10 Å². The Morgan fingerprint density at radius 1 is 1.25 bits per heavy atom. The number of hydrogen-bond acceptors (Lipinski definition) is 6. The van der Waals surface area contributed by atoms with Crippen LogP contribution in [0.4, 0.5) is 10.5 Å². The molecule has 8 heteroatoms. The highest BCUT2D eigenvalue weighted by molar-refractivity contribution is 7.92. The number of fused-ring (bicyclic) bond motifs is 1. The van der Waals surface area contributed by atoms with Gasteiger partial charge in [0, 0.05) is 18.4 Å². The fraction of sp³-hybridized carbons (Fsp3) is 0.400. The largest absolute Gasteiger partial charge is 0.465 e. The molecule has 0 aliphatic carbocycles. The van der Waals surface area contributed by atoms with E-state index in [2.05, 4.69) is 0 Å². The number of ether oxygens (including phenoxy) is 2. The maximum absolute atomic E-state index is 12.4. The molecular formula is C20H23NO6S. The fourth-order valence-corrected chi connectivity index (χ4v) is 4.14. The van der Waals surface area contributed by atoms with Gasteiger partial charge in [0.15, 0.2) is 14.6 Å². The van der Waals surface area contributed by atoms with E-state index in [1.165, 1.54) is 11.8 Å². The Bertz CT molecular complexity index is 1020. The number of amides is 1. The molecule has 0 saturated carbocycles. The first-order valence-electron chi connectivity index (χ1n) is 8.99. The molecule has 1 saturated heterocycles. The molecule has 1 fully saturated rings. The second kappa shape index (κ2) is 7.43. The minimum absolute atomic E-state index is 0.0671. The maximum atomic E-state index is 12.4. The van der Waals surface area contributed by atoms with Gasteiger partial charge in [-0.05, 0) is 36.8 Å². The third-order valence-corrected chi connectivity index (χ3v) is 7.03. The summed E-state index contributed by atoms with van der Waals surface area (Å²) in [6.45, 7) is 3.14. The highest BCUT2D eigenvalue weighted by Gasteiger charge is 2.49. The quantitative estimate of drug-likeness (QED) is 0.687. The molecule has 0 radical (unpaired) electrons. The summed E-state index contributed by atoms with van der Waals surface area (Å²) in [4.78, 5) is 26.2. The molecule has 1 amide bonds. The summed E-state index contributed by atoms with van der Waals surface area (Å²) < 4.78 is 33.1. The lowest BCUT2D eigenvalue weighted by Gasteiger charge is -2.27. The van der Waals surface area contributed by atoms with Crippen LogP contribution in [0.2, 0.25) is 0 Å². The Morgan fingerprint density at radius 2 is 1.93 bits per heavy atom. The Labute approximate surface area is 164 Å². The van der Waals surface area contributed by atoms with E-state index in [1.807, 2.05) is 42.5 Å². The molecule has 1 heterocycles. The highest BCUT2D eigenvalue weighted by atomic mass is 32.2. The van der Waals surface area contributed by atoms with Gasteiger partial charge in [-0.3, -0.25) is 9.69 Å². The zero-order valence-electron chi connectivity index (χ0n) is 16.0. The average molecular weight is 405 g/mol. The SMILES string of the molecule is CCOC(=O)C(C)(CC1CN(c2ccc3ccccc3c2)C(=O)O1)S(C)(=O)=O. The van der Waals surface area contributed by atoms with Crippen molar-refractivity contribution in [3.05, 3.63) is 42.5 Å². The minimum atomic E-state index is -3.79. The van der Waals surface area contributed by atoms with Crippen molar-refractivity contribution in [3.8, 4) is 0 Å². The summed E-state index contributed by atoms with van der Waals surface area (Å²) in [7, 11) is -3.79. The number of benzene rings is 2. The fourth-order valence-electron chi connectivity index (χ4n) is 3.29. The molecule has 0 spiro atoms. The molecule has 150 valence electrons. The van der Waals surface area contributed by atoms with Crippen molar-refractivity contribution >= 4 is 38.4 Å². The van der Waals surface area contributed by atoms with Gasteiger partial charge < -0.3 is 9.47 Å². The molecule has 1 aliphatic heterocycles. The summed E-state index contributed by atoms with van der Waals surface area (Å²) in [5.41, 5.74) is 0.656. The Balaban J connectivity index is 1.83. The summed E-state index contributed by atoms with van der Waals surface area (Å²) in [6.07, 6.45) is -0.495. The average Bonchev–Trinajstić information content (AvgIpc) is 3.00. The number of sulfone groups is 1. The third kappa shape index (κ3) is 3.69. The molecule has 0 bridgehead atoms. The smallest absolute Gasteiger partial charge is 0.414 e. The second-order valence-electron chi connectivity index (χ2n) is 7.08. The number of esters is 1. The van der Waals surface area contributed by atoms with Gasteiger partial charge in [-0.2, -0.15) is 0 Å². The normalized spacial score (nSPS) is 19.3. The zero-order valence-corrected chi connectivity index (χ0v) is 16.9. The first kappa shape index (κ1) is 20.1. The van der Waals surface area contributed by atoms with Gasteiger partial charge in [0.05, 0.1) is 13.2 Å². The van der Waals surface area contributed by atoms with Crippen LogP contribution in [0.1, 0.15) is 20.3 Å². The van der Waals surface area contributed by atoms with Crippen LogP contribution in [0.3, 0.4) is 0 Å². The van der Waals surface area contributed by atoms with Gasteiger partial charge >= 0.3 is 12.1 Å². The minimum Gasteiger partial charge on any atom is -0.465 e. The number of nitrogens with zero attached hydrogens (tertiary/aromatic N) is 1. The van der Waals surface area contributed by atoms with Crippen LogP contribution in [0.5, 0.6) is 0 Å². The van der Waals surface area contributed by atoms with Crippen molar-refractivity contribution in [2.45, 2.75) is 31.1 Å². The third-order valence-electron chi connectivity index (χ3n) is 5.06. The van der Waals surface area contributed by atoms with E-state index in [-0.39, 0.29) is 19.6 Å². The molecule has 3 rings (SSSR count). The molecule has 2 atom stereocenters. The lowest BCUT2D eigenvalue weighted by atomic mass is 10.0. The molecule has 0 aromatic heterocycles. The monoisotopic (exact) mass is 405 g/mol. The molecule has 2 aromatic carbocycles.